The molecule has 0 saturated carbocycles. The molecule has 86 valence electrons. The normalized spacial score (nSPS) is 10.2. The lowest BCUT2D eigenvalue weighted by atomic mass is 10.1. The molecule has 2 aromatic rings. The third kappa shape index (κ3) is 3.58. The van der Waals surface area contributed by atoms with Crippen molar-refractivity contribution in [1.82, 2.24) is 4.98 Å². The second-order valence-corrected chi connectivity index (χ2v) is 5.41. The molecule has 0 radical (unpaired) electrons. The number of aromatic nitrogens is 1. The third-order valence-electron chi connectivity index (χ3n) is 2.13. The number of nitrogens with one attached hydrogen (secondary N) is 1. The highest BCUT2D eigenvalue weighted by atomic mass is 35.5. The SMILES string of the molecule is Bc1ccc(CC(=O)Nc2ccc(Cl)cn2)s1. The smallest absolute Gasteiger partial charge is 0.230 e. The van der Waals surface area contributed by atoms with E-state index in [2.05, 4.69) is 10.3 Å². The summed E-state index contributed by atoms with van der Waals surface area (Å²) in [6.07, 6.45) is 1.88. The van der Waals surface area contributed by atoms with Crippen molar-refractivity contribution in [3.8, 4) is 0 Å². The van der Waals surface area contributed by atoms with Crippen molar-refractivity contribution >= 4 is 47.3 Å². The second-order valence-electron chi connectivity index (χ2n) is 3.60. The number of rotatable bonds is 3. The zero-order valence-corrected chi connectivity index (χ0v) is 10.8. The molecule has 3 nitrogen and oxygen atoms in total. The first-order valence-electron chi connectivity index (χ1n) is 5.10. The molecular formula is C11H10BClN2OS. The van der Waals surface area contributed by atoms with Crippen LogP contribution < -0.4 is 10.1 Å². The number of thiophene rings is 1. The molecule has 0 aromatic carbocycles. The summed E-state index contributed by atoms with van der Waals surface area (Å²) in [5.41, 5.74) is 0. The van der Waals surface area contributed by atoms with Crippen LogP contribution in [0.15, 0.2) is 30.5 Å². The van der Waals surface area contributed by atoms with Gasteiger partial charge < -0.3 is 5.32 Å². The zero-order valence-electron chi connectivity index (χ0n) is 9.24. The van der Waals surface area contributed by atoms with Gasteiger partial charge in [0.25, 0.3) is 0 Å². The molecular weight excluding hydrogens is 254 g/mol. The first-order valence-corrected chi connectivity index (χ1v) is 6.29. The fourth-order valence-corrected chi connectivity index (χ4v) is 2.38. The van der Waals surface area contributed by atoms with Crippen molar-refractivity contribution in [2.75, 3.05) is 5.32 Å². The molecule has 2 heterocycles. The number of carbonyl (C=O) groups excluding carboxylic acids is 1. The maximum absolute atomic E-state index is 11.7. The van der Waals surface area contributed by atoms with E-state index < -0.39 is 0 Å². The van der Waals surface area contributed by atoms with Crippen molar-refractivity contribution < 1.29 is 4.79 Å². The minimum Gasteiger partial charge on any atom is -0.310 e. The number of carbonyl (C=O) groups is 1. The van der Waals surface area contributed by atoms with Gasteiger partial charge in [-0.1, -0.05) is 17.7 Å². The van der Waals surface area contributed by atoms with Crippen LogP contribution in [-0.2, 0) is 11.2 Å². The molecule has 0 aliphatic carbocycles. The topological polar surface area (TPSA) is 42.0 Å². The molecule has 0 aliphatic rings. The van der Waals surface area contributed by atoms with Crippen molar-refractivity contribution in [1.29, 1.82) is 0 Å². The molecule has 6 heteroatoms. The van der Waals surface area contributed by atoms with Crippen LogP contribution in [0.4, 0.5) is 5.82 Å². The standard InChI is InChI=1S/C11H10BClN2OS/c12-9-3-2-8(17-9)5-11(16)15-10-4-1-7(13)6-14-10/h1-4,6H,5,12H2,(H,14,15,16). The van der Waals surface area contributed by atoms with Gasteiger partial charge >= 0.3 is 0 Å². The van der Waals surface area contributed by atoms with Crippen molar-refractivity contribution in [3.05, 3.63) is 40.4 Å². The number of anilines is 1. The largest absolute Gasteiger partial charge is 0.310 e. The van der Waals surface area contributed by atoms with Gasteiger partial charge in [-0.25, -0.2) is 4.98 Å². The molecule has 0 aliphatic heterocycles. The first-order chi connectivity index (χ1) is 8.13. The van der Waals surface area contributed by atoms with Gasteiger partial charge in [0.05, 0.1) is 11.4 Å². The number of nitrogens with zero attached hydrogens (tertiary/aromatic N) is 1. The summed E-state index contributed by atoms with van der Waals surface area (Å²) in [5.74, 6) is 0.453. The van der Waals surface area contributed by atoms with Crippen molar-refractivity contribution in [2.24, 2.45) is 0 Å². The molecule has 1 N–H and O–H groups in total. The molecule has 0 saturated heterocycles. The van der Waals surface area contributed by atoms with E-state index in [1.165, 1.54) is 11.0 Å². The van der Waals surface area contributed by atoms with Gasteiger partial charge in [-0.15, -0.1) is 0 Å². The maximum Gasteiger partial charge on any atom is 0.230 e. The van der Waals surface area contributed by atoms with Crippen LogP contribution in [0.1, 0.15) is 4.88 Å². The molecule has 0 unspecified atom stereocenters. The highest BCUT2D eigenvalue weighted by molar-refractivity contribution is 7.20. The lowest BCUT2D eigenvalue weighted by Gasteiger charge is -2.02. The van der Waals surface area contributed by atoms with E-state index in [9.17, 15) is 4.79 Å². The minimum absolute atomic E-state index is 0.0679. The summed E-state index contributed by atoms with van der Waals surface area (Å²) in [6, 6.07) is 7.35. The van der Waals surface area contributed by atoms with Crippen LogP contribution in [0.5, 0.6) is 0 Å². The van der Waals surface area contributed by atoms with E-state index in [0.29, 0.717) is 17.3 Å². The average molecular weight is 265 g/mol. The summed E-state index contributed by atoms with van der Waals surface area (Å²) in [7, 11) is 2.02. The van der Waals surface area contributed by atoms with E-state index >= 15 is 0 Å². The lowest BCUT2D eigenvalue weighted by molar-refractivity contribution is -0.115. The predicted molar refractivity (Wildman–Crippen MR) is 74.1 cm³/mol. The van der Waals surface area contributed by atoms with Crippen LogP contribution in [0, 0.1) is 0 Å². The predicted octanol–water partition coefficient (Wildman–Crippen LogP) is 1.24. The van der Waals surface area contributed by atoms with Crippen LogP contribution >= 0.6 is 22.9 Å². The molecule has 0 atom stereocenters. The third-order valence-corrected chi connectivity index (χ3v) is 3.35. The van der Waals surface area contributed by atoms with Gasteiger partial charge in [0.1, 0.15) is 5.82 Å². The summed E-state index contributed by atoms with van der Waals surface area (Å²) in [5, 5.41) is 3.28. The van der Waals surface area contributed by atoms with Gasteiger partial charge in [-0.3, -0.25) is 4.79 Å². The number of hydrogen-bond acceptors (Lipinski definition) is 3. The molecule has 17 heavy (non-hydrogen) atoms. The monoisotopic (exact) mass is 264 g/mol. The molecule has 0 bridgehead atoms. The number of hydrogen-bond donors (Lipinski definition) is 1. The molecule has 1 amide bonds. The van der Waals surface area contributed by atoms with Gasteiger partial charge in [-0.2, -0.15) is 11.3 Å². The summed E-state index contributed by atoms with van der Waals surface area (Å²) in [4.78, 5) is 16.8. The highest BCUT2D eigenvalue weighted by Crippen LogP contribution is 2.11. The Kier molecular flexibility index (Phi) is 3.81. The molecule has 2 rings (SSSR count). The van der Waals surface area contributed by atoms with Crippen LogP contribution in [0.2, 0.25) is 5.02 Å². The lowest BCUT2D eigenvalue weighted by Crippen LogP contribution is -2.14. The van der Waals surface area contributed by atoms with Gasteiger partial charge in [-0.05, 0) is 23.0 Å². The Bertz CT molecular complexity index is 527. The highest BCUT2D eigenvalue weighted by Gasteiger charge is 2.06. The zero-order chi connectivity index (χ0) is 12.3. The quantitative estimate of drug-likeness (QED) is 0.848. The number of pyridine rings is 1. The maximum atomic E-state index is 11.7. The fourth-order valence-electron chi connectivity index (χ4n) is 1.38. The van der Waals surface area contributed by atoms with Gasteiger partial charge in [0.15, 0.2) is 7.85 Å². The minimum atomic E-state index is -0.0679. The van der Waals surface area contributed by atoms with E-state index in [1.807, 2.05) is 20.0 Å². The van der Waals surface area contributed by atoms with E-state index in [0.717, 1.165) is 4.88 Å². The van der Waals surface area contributed by atoms with Crippen LogP contribution in [0.3, 0.4) is 0 Å². The van der Waals surface area contributed by atoms with Crippen LogP contribution in [0.25, 0.3) is 0 Å². The Morgan fingerprint density at radius 2 is 2.24 bits per heavy atom. The van der Waals surface area contributed by atoms with E-state index in [4.69, 9.17) is 11.6 Å². The summed E-state index contributed by atoms with van der Waals surface area (Å²) < 4.78 is 1.21. The van der Waals surface area contributed by atoms with E-state index in [1.54, 1.807) is 23.5 Å². The number of halogens is 1. The Labute approximate surface area is 109 Å². The Morgan fingerprint density at radius 1 is 1.41 bits per heavy atom. The van der Waals surface area contributed by atoms with Gasteiger partial charge in [0, 0.05) is 11.1 Å². The summed E-state index contributed by atoms with van der Waals surface area (Å²) in [6.45, 7) is 0. The average Bonchev–Trinajstić information content (AvgIpc) is 2.67. The number of amides is 1. The molecule has 2 aromatic heterocycles. The fraction of sp³-hybridized carbons (Fsp3) is 0.0909. The van der Waals surface area contributed by atoms with Gasteiger partial charge in [0.2, 0.25) is 5.91 Å². The Hall–Kier alpha value is -1.33. The van der Waals surface area contributed by atoms with Crippen molar-refractivity contribution in [3.63, 3.8) is 0 Å². The second kappa shape index (κ2) is 5.34. The van der Waals surface area contributed by atoms with Crippen molar-refractivity contribution in [2.45, 2.75) is 6.42 Å². The Morgan fingerprint density at radius 3 is 2.82 bits per heavy atom. The molecule has 0 spiro atoms. The first kappa shape index (κ1) is 12.1. The van der Waals surface area contributed by atoms with E-state index in [-0.39, 0.29) is 5.91 Å². The Balaban J connectivity index is 1.95. The molecule has 0 fully saturated rings. The summed E-state index contributed by atoms with van der Waals surface area (Å²) >= 11 is 7.33. The van der Waals surface area contributed by atoms with Crippen LogP contribution in [-0.4, -0.2) is 18.7 Å².